The standard InChI is InChI=1S/C6H8N4O2S/c1-13(11,12)3-2-10-5-8-6(4-7)9-10/h5H,2-3H2,1H3. The van der Waals surface area contributed by atoms with Crippen LogP contribution in [0.25, 0.3) is 0 Å². The van der Waals surface area contributed by atoms with Crippen molar-refractivity contribution in [3.8, 4) is 6.07 Å². The van der Waals surface area contributed by atoms with E-state index in [-0.39, 0.29) is 18.1 Å². The zero-order valence-corrected chi connectivity index (χ0v) is 7.82. The fourth-order valence-electron chi connectivity index (χ4n) is 0.713. The first kappa shape index (κ1) is 9.67. The van der Waals surface area contributed by atoms with Crippen LogP contribution in [-0.2, 0) is 16.4 Å². The molecule has 1 aromatic rings. The van der Waals surface area contributed by atoms with E-state index in [1.165, 1.54) is 11.0 Å². The summed E-state index contributed by atoms with van der Waals surface area (Å²) >= 11 is 0. The number of hydrogen-bond donors (Lipinski definition) is 0. The number of nitrogens with zero attached hydrogens (tertiary/aromatic N) is 4. The molecule has 1 heterocycles. The van der Waals surface area contributed by atoms with Crippen LogP contribution in [-0.4, -0.2) is 35.2 Å². The molecule has 0 amide bonds. The first-order chi connectivity index (χ1) is 6.01. The van der Waals surface area contributed by atoms with Gasteiger partial charge in [0.25, 0.3) is 5.82 Å². The van der Waals surface area contributed by atoms with Crippen LogP contribution < -0.4 is 0 Å². The summed E-state index contributed by atoms with van der Waals surface area (Å²) < 4.78 is 22.8. The van der Waals surface area contributed by atoms with Crippen molar-refractivity contribution in [2.24, 2.45) is 0 Å². The predicted molar refractivity (Wildman–Crippen MR) is 44.4 cm³/mol. The molecule has 0 unspecified atom stereocenters. The lowest BCUT2D eigenvalue weighted by molar-refractivity contribution is 0.585. The highest BCUT2D eigenvalue weighted by molar-refractivity contribution is 7.90. The molecule has 0 atom stereocenters. The van der Waals surface area contributed by atoms with Gasteiger partial charge in [-0.25, -0.2) is 13.4 Å². The summed E-state index contributed by atoms with van der Waals surface area (Å²) in [5.41, 5.74) is 0. The SMILES string of the molecule is CS(=O)(=O)CCn1cnc(C#N)n1. The van der Waals surface area contributed by atoms with E-state index in [0.29, 0.717) is 0 Å². The Balaban J connectivity index is 2.62. The average Bonchev–Trinajstić information content (AvgIpc) is 2.47. The lowest BCUT2D eigenvalue weighted by atomic mass is 10.7. The molecule has 0 N–H and O–H groups in total. The molecule has 0 saturated heterocycles. The Morgan fingerprint density at radius 1 is 1.69 bits per heavy atom. The van der Waals surface area contributed by atoms with Crippen LogP contribution >= 0.6 is 0 Å². The summed E-state index contributed by atoms with van der Waals surface area (Å²) in [6.45, 7) is 0.230. The molecule has 0 aliphatic rings. The highest BCUT2D eigenvalue weighted by Gasteiger charge is 2.04. The Labute approximate surface area is 75.7 Å². The quantitative estimate of drug-likeness (QED) is 0.637. The first-order valence-corrected chi connectivity index (χ1v) is 5.54. The normalized spacial score (nSPS) is 11.1. The maximum atomic E-state index is 10.8. The third kappa shape index (κ3) is 3.21. The third-order valence-corrected chi connectivity index (χ3v) is 2.25. The van der Waals surface area contributed by atoms with Crippen LogP contribution in [0.2, 0.25) is 0 Å². The van der Waals surface area contributed by atoms with Gasteiger partial charge in [0.15, 0.2) is 0 Å². The predicted octanol–water partition coefficient (Wildman–Crippen LogP) is -0.806. The van der Waals surface area contributed by atoms with Crippen molar-refractivity contribution in [2.75, 3.05) is 12.0 Å². The van der Waals surface area contributed by atoms with Gasteiger partial charge in [-0.15, -0.1) is 5.10 Å². The molecule has 0 fully saturated rings. The number of sulfone groups is 1. The minimum atomic E-state index is -2.99. The minimum absolute atomic E-state index is 0.00122. The van der Waals surface area contributed by atoms with Crippen molar-refractivity contribution in [2.45, 2.75) is 6.54 Å². The van der Waals surface area contributed by atoms with Crippen LogP contribution in [0.3, 0.4) is 0 Å². The molecule has 7 heteroatoms. The van der Waals surface area contributed by atoms with Gasteiger partial charge >= 0.3 is 0 Å². The van der Waals surface area contributed by atoms with Crippen molar-refractivity contribution < 1.29 is 8.42 Å². The molecule has 0 aliphatic carbocycles. The Morgan fingerprint density at radius 2 is 2.38 bits per heavy atom. The highest BCUT2D eigenvalue weighted by atomic mass is 32.2. The maximum Gasteiger partial charge on any atom is 0.252 e. The summed E-state index contributed by atoms with van der Waals surface area (Å²) in [7, 11) is -2.99. The molecule has 0 aliphatic heterocycles. The van der Waals surface area contributed by atoms with E-state index < -0.39 is 9.84 Å². The van der Waals surface area contributed by atoms with Gasteiger partial charge in [-0.2, -0.15) is 5.26 Å². The van der Waals surface area contributed by atoms with Crippen LogP contribution in [0, 0.1) is 11.3 Å². The van der Waals surface area contributed by atoms with Crippen LogP contribution in [0.5, 0.6) is 0 Å². The molecule has 70 valence electrons. The minimum Gasteiger partial charge on any atom is -0.251 e. The van der Waals surface area contributed by atoms with Gasteiger partial charge in [-0.1, -0.05) is 0 Å². The molecule has 0 radical (unpaired) electrons. The Bertz CT molecular complexity index is 428. The van der Waals surface area contributed by atoms with E-state index in [4.69, 9.17) is 5.26 Å². The van der Waals surface area contributed by atoms with Crippen molar-refractivity contribution in [3.63, 3.8) is 0 Å². The van der Waals surface area contributed by atoms with Crippen LogP contribution in [0.1, 0.15) is 5.82 Å². The lowest BCUT2D eigenvalue weighted by Crippen LogP contribution is -2.11. The lowest BCUT2D eigenvalue weighted by Gasteiger charge is -1.96. The molecule has 13 heavy (non-hydrogen) atoms. The molecule has 0 saturated carbocycles. The summed E-state index contributed by atoms with van der Waals surface area (Å²) in [5, 5.41) is 12.1. The van der Waals surface area contributed by atoms with Crippen molar-refractivity contribution in [3.05, 3.63) is 12.2 Å². The molecular weight excluding hydrogens is 192 g/mol. The number of aryl methyl sites for hydroxylation is 1. The van der Waals surface area contributed by atoms with E-state index in [2.05, 4.69) is 10.1 Å². The molecule has 0 bridgehead atoms. The second-order valence-electron chi connectivity index (χ2n) is 2.57. The largest absolute Gasteiger partial charge is 0.252 e. The monoisotopic (exact) mass is 200 g/mol. The van der Waals surface area contributed by atoms with Gasteiger partial charge in [0.05, 0.1) is 12.3 Å². The van der Waals surface area contributed by atoms with E-state index in [1.807, 2.05) is 0 Å². The smallest absolute Gasteiger partial charge is 0.251 e. The zero-order valence-electron chi connectivity index (χ0n) is 7.01. The Hall–Kier alpha value is -1.42. The summed E-state index contributed by atoms with van der Waals surface area (Å²) in [6, 6.07) is 1.75. The number of hydrogen-bond acceptors (Lipinski definition) is 5. The van der Waals surface area contributed by atoms with E-state index in [9.17, 15) is 8.42 Å². The highest BCUT2D eigenvalue weighted by Crippen LogP contribution is 1.90. The summed E-state index contributed by atoms with van der Waals surface area (Å²) in [4.78, 5) is 3.63. The van der Waals surface area contributed by atoms with E-state index in [1.54, 1.807) is 6.07 Å². The topological polar surface area (TPSA) is 88.6 Å². The third-order valence-electron chi connectivity index (χ3n) is 1.33. The average molecular weight is 200 g/mol. The van der Waals surface area contributed by atoms with Gasteiger partial charge < -0.3 is 0 Å². The second-order valence-corrected chi connectivity index (χ2v) is 4.83. The van der Waals surface area contributed by atoms with Gasteiger partial charge in [0, 0.05) is 6.26 Å². The molecule has 0 aromatic carbocycles. The molecule has 0 spiro atoms. The van der Waals surface area contributed by atoms with Gasteiger partial charge in [0.1, 0.15) is 22.2 Å². The fraction of sp³-hybridized carbons (Fsp3) is 0.500. The second kappa shape index (κ2) is 3.53. The number of aromatic nitrogens is 3. The molecule has 6 nitrogen and oxygen atoms in total. The maximum absolute atomic E-state index is 10.8. The van der Waals surface area contributed by atoms with Crippen molar-refractivity contribution >= 4 is 9.84 Å². The van der Waals surface area contributed by atoms with E-state index >= 15 is 0 Å². The van der Waals surface area contributed by atoms with E-state index in [0.717, 1.165) is 6.26 Å². The van der Waals surface area contributed by atoms with Gasteiger partial charge in [-0.05, 0) is 0 Å². The summed E-state index contributed by atoms with van der Waals surface area (Å²) in [6.07, 6.45) is 2.48. The van der Waals surface area contributed by atoms with Gasteiger partial charge in [-0.3, -0.25) is 4.68 Å². The van der Waals surface area contributed by atoms with Crippen molar-refractivity contribution in [1.82, 2.24) is 14.8 Å². The molecule has 1 aromatic heterocycles. The van der Waals surface area contributed by atoms with Gasteiger partial charge in [0.2, 0.25) is 0 Å². The Morgan fingerprint density at radius 3 is 2.85 bits per heavy atom. The van der Waals surface area contributed by atoms with Crippen LogP contribution in [0.15, 0.2) is 6.33 Å². The van der Waals surface area contributed by atoms with Crippen LogP contribution in [0.4, 0.5) is 0 Å². The number of nitriles is 1. The summed E-state index contributed by atoms with van der Waals surface area (Å²) in [5.74, 6) is 0.0508. The zero-order chi connectivity index (χ0) is 9.90. The van der Waals surface area contributed by atoms with Crippen molar-refractivity contribution in [1.29, 1.82) is 5.26 Å². The molecule has 1 rings (SSSR count). The first-order valence-electron chi connectivity index (χ1n) is 3.48. The molecular formula is C6H8N4O2S. The Kier molecular flexibility index (Phi) is 2.63. The fourth-order valence-corrected chi connectivity index (χ4v) is 1.23. The number of rotatable bonds is 3.